The highest BCUT2D eigenvalue weighted by Gasteiger charge is 2.18. The van der Waals surface area contributed by atoms with Crippen LogP contribution in [0.4, 0.5) is 11.4 Å². The van der Waals surface area contributed by atoms with Gasteiger partial charge in [-0.05, 0) is 30.3 Å². The first-order chi connectivity index (χ1) is 14.7. The number of amides is 2. The molecule has 11 nitrogen and oxygen atoms in total. The molecule has 0 aromatic heterocycles. The molecule has 0 fully saturated rings. The Kier molecular flexibility index (Phi) is 8.15. The number of ether oxygens (including phenoxy) is 3. The molecule has 0 aliphatic rings. The van der Waals surface area contributed by atoms with Crippen molar-refractivity contribution in [2.75, 3.05) is 32.7 Å². The number of hydrogen-bond acceptors (Lipinski definition) is 8. The van der Waals surface area contributed by atoms with Crippen LogP contribution < -0.4 is 20.1 Å². The monoisotopic (exact) mass is 451 g/mol. The van der Waals surface area contributed by atoms with Gasteiger partial charge in [-0.1, -0.05) is 11.6 Å². The third-order valence-electron chi connectivity index (χ3n) is 3.83. The van der Waals surface area contributed by atoms with Crippen LogP contribution in [-0.2, 0) is 14.3 Å². The molecule has 0 saturated heterocycles. The van der Waals surface area contributed by atoms with Crippen molar-refractivity contribution >= 4 is 40.8 Å². The predicted octanol–water partition coefficient (Wildman–Crippen LogP) is 2.18. The molecule has 2 rings (SSSR count). The van der Waals surface area contributed by atoms with Crippen LogP contribution in [0.1, 0.15) is 10.4 Å². The van der Waals surface area contributed by atoms with Crippen molar-refractivity contribution in [3.05, 3.63) is 57.1 Å². The molecular formula is C19H18ClN3O8. The SMILES string of the molecule is COc1ccc(C(=O)NCC(=O)OCC(=O)Nc2ccc(Cl)cc2[N+](=O)[O-])cc1OC. The Morgan fingerprint density at radius 3 is 2.42 bits per heavy atom. The van der Waals surface area contributed by atoms with Gasteiger partial charge in [0.15, 0.2) is 18.1 Å². The molecule has 2 N–H and O–H groups in total. The van der Waals surface area contributed by atoms with Gasteiger partial charge in [-0.15, -0.1) is 0 Å². The lowest BCUT2D eigenvalue weighted by Crippen LogP contribution is -2.32. The van der Waals surface area contributed by atoms with Crippen molar-refractivity contribution in [3.63, 3.8) is 0 Å². The fraction of sp³-hybridized carbons (Fsp3) is 0.211. The number of hydrogen-bond donors (Lipinski definition) is 2. The summed E-state index contributed by atoms with van der Waals surface area (Å²) in [6.45, 7) is -1.20. The molecule has 0 aliphatic carbocycles. The van der Waals surface area contributed by atoms with E-state index in [1.807, 2.05) is 0 Å². The number of nitro benzene ring substituents is 1. The highest BCUT2D eigenvalue weighted by molar-refractivity contribution is 6.31. The second-order valence-corrected chi connectivity index (χ2v) is 6.32. The van der Waals surface area contributed by atoms with Crippen LogP contribution in [0.2, 0.25) is 5.02 Å². The van der Waals surface area contributed by atoms with Gasteiger partial charge >= 0.3 is 5.97 Å². The van der Waals surface area contributed by atoms with Gasteiger partial charge in [-0.2, -0.15) is 0 Å². The van der Waals surface area contributed by atoms with E-state index in [9.17, 15) is 24.5 Å². The summed E-state index contributed by atoms with van der Waals surface area (Å²) in [6.07, 6.45) is 0. The van der Waals surface area contributed by atoms with Crippen LogP contribution in [0.25, 0.3) is 0 Å². The van der Waals surface area contributed by atoms with Gasteiger partial charge in [0.25, 0.3) is 17.5 Å². The van der Waals surface area contributed by atoms with E-state index >= 15 is 0 Å². The fourth-order valence-electron chi connectivity index (χ4n) is 2.38. The van der Waals surface area contributed by atoms with Gasteiger partial charge in [-0.25, -0.2) is 0 Å². The van der Waals surface area contributed by atoms with Crippen LogP contribution in [-0.4, -0.2) is 50.1 Å². The summed E-state index contributed by atoms with van der Waals surface area (Å²) in [4.78, 5) is 46.2. The van der Waals surface area contributed by atoms with Crippen LogP contribution in [0.3, 0.4) is 0 Å². The number of nitrogens with one attached hydrogen (secondary N) is 2. The first kappa shape index (κ1) is 23.4. The van der Waals surface area contributed by atoms with E-state index in [0.29, 0.717) is 11.5 Å². The van der Waals surface area contributed by atoms with Crippen molar-refractivity contribution in [1.82, 2.24) is 5.32 Å². The molecule has 0 bridgehead atoms. The quantitative estimate of drug-likeness (QED) is 0.335. The maximum absolute atomic E-state index is 12.2. The molecule has 0 saturated carbocycles. The summed E-state index contributed by atoms with van der Waals surface area (Å²) >= 11 is 5.70. The summed E-state index contributed by atoms with van der Waals surface area (Å²) in [7, 11) is 2.87. The summed E-state index contributed by atoms with van der Waals surface area (Å²) < 4.78 is 14.9. The lowest BCUT2D eigenvalue weighted by Gasteiger charge is -2.10. The molecule has 0 radical (unpaired) electrons. The summed E-state index contributed by atoms with van der Waals surface area (Å²) in [6, 6.07) is 8.14. The molecule has 2 aromatic rings. The highest BCUT2D eigenvalue weighted by Crippen LogP contribution is 2.28. The zero-order chi connectivity index (χ0) is 23.0. The van der Waals surface area contributed by atoms with Gasteiger partial charge < -0.3 is 24.8 Å². The van der Waals surface area contributed by atoms with Gasteiger partial charge in [0, 0.05) is 16.7 Å². The topological polar surface area (TPSA) is 146 Å². The van der Waals surface area contributed by atoms with E-state index < -0.39 is 41.5 Å². The van der Waals surface area contributed by atoms with Crippen LogP contribution >= 0.6 is 11.6 Å². The van der Waals surface area contributed by atoms with Crippen LogP contribution in [0, 0.1) is 10.1 Å². The van der Waals surface area contributed by atoms with Crippen LogP contribution in [0.5, 0.6) is 11.5 Å². The molecule has 164 valence electrons. The lowest BCUT2D eigenvalue weighted by atomic mass is 10.2. The number of rotatable bonds is 9. The number of carbonyl (C=O) groups excluding carboxylic acids is 3. The number of nitro groups is 1. The first-order valence-electron chi connectivity index (χ1n) is 8.64. The molecule has 0 spiro atoms. The number of halogens is 1. The van der Waals surface area contributed by atoms with Crippen molar-refractivity contribution in [2.45, 2.75) is 0 Å². The third kappa shape index (κ3) is 6.57. The maximum atomic E-state index is 12.2. The van der Waals surface area contributed by atoms with Crippen molar-refractivity contribution in [1.29, 1.82) is 0 Å². The molecule has 2 aromatic carbocycles. The number of methoxy groups -OCH3 is 2. The van der Waals surface area contributed by atoms with Gasteiger partial charge in [0.2, 0.25) is 0 Å². The number of esters is 1. The van der Waals surface area contributed by atoms with E-state index in [1.165, 1.54) is 44.6 Å². The molecular weight excluding hydrogens is 434 g/mol. The zero-order valence-electron chi connectivity index (χ0n) is 16.5. The van der Waals surface area contributed by atoms with Gasteiger partial charge in [-0.3, -0.25) is 24.5 Å². The number of carbonyl (C=O) groups is 3. The Morgan fingerprint density at radius 2 is 1.77 bits per heavy atom. The summed E-state index contributed by atoms with van der Waals surface area (Å²) in [5.41, 5.74) is -0.287. The van der Waals surface area contributed by atoms with E-state index in [2.05, 4.69) is 10.6 Å². The molecule has 31 heavy (non-hydrogen) atoms. The van der Waals surface area contributed by atoms with Crippen molar-refractivity contribution in [3.8, 4) is 11.5 Å². The van der Waals surface area contributed by atoms with Gasteiger partial charge in [0.1, 0.15) is 12.2 Å². The maximum Gasteiger partial charge on any atom is 0.325 e. The zero-order valence-corrected chi connectivity index (χ0v) is 17.2. The summed E-state index contributed by atoms with van der Waals surface area (Å²) in [5.74, 6) is -1.48. The molecule has 2 amide bonds. The summed E-state index contributed by atoms with van der Waals surface area (Å²) in [5, 5.41) is 15.7. The van der Waals surface area contributed by atoms with Gasteiger partial charge in [0.05, 0.1) is 19.1 Å². The average Bonchev–Trinajstić information content (AvgIpc) is 2.76. The first-order valence-corrected chi connectivity index (χ1v) is 9.02. The van der Waals surface area contributed by atoms with E-state index in [1.54, 1.807) is 0 Å². The Morgan fingerprint density at radius 1 is 1.06 bits per heavy atom. The average molecular weight is 452 g/mol. The van der Waals surface area contributed by atoms with Crippen LogP contribution in [0.15, 0.2) is 36.4 Å². The minimum atomic E-state index is -0.880. The minimum Gasteiger partial charge on any atom is -0.493 e. The normalized spacial score (nSPS) is 10.0. The standard InChI is InChI=1S/C19H18ClN3O8/c1-29-15-6-3-11(7-16(15)30-2)19(26)21-9-18(25)31-10-17(24)22-13-5-4-12(20)8-14(13)23(27)28/h3-8H,9-10H2,1-2H3,(H,21,26)(H,22,24). The van der Waals surface area contributed by atoms with E-state index in [0.717, 1.165) is 6.07 Å². The number of benzene rings is 2. The van der Waals surface area contributed by atoms with E-state index in [-0.39, 0.29) is 16.3 Å². The molecule has 0 atom stereocenters. The largest absolute Gasteiger partial charge is 0.493 e. The smallest absolute Gasteiger partial charge is 0.325 e. The fourth-order valence-corrected chi connectivity index (χ4v) is 2.54. The Bertz CT molecular complexity index is 1010. The minimum absolute atomic E-state index is 0.0998. The number of nitrogens with zero attached hydrogens (tertiary/aromatic N) is 1. The third-order valence-corrected chi connectivity index (χ3v) is 4.07. The molecule has 0 aliphatic heterocycles. The molecule has 12 heteroatoms. The lowest BCUT2D eigenvalue weighted by molar-refractivity contribution is -0.383. The second kappa shape index (κ2) is 10.8. The molecule has 0 heterocycles. The molecule has 0 unspecified atom stereocenters. The van der Waals surface area contributed by atoms with E-state index in [4.69, 9.17) is 25.8 Å². The Balaban J connectivity index is 1.85. The predicted molar refractivity (Wildman–Crippen MR) is 110 cm³/mol. The van der Waals surface area contributed by atoms with Crippen molar-refractivity contribution in [2.24, 2.45) is 0 Å². The van der Waals surface area contributed by atoms with Crippen molar-refractivity contribution < 1.29 is 33.5 Å². The highest BCUT2D eigenvalue weighted by atomic mass is 35.5. The Hall–Kier alpha value is -3.86. The second-order valence-electron chi connectivity index (χ2n) is 5.88. The Labute approximate surface area is 181 Å². The number of anilines is 1.